The van der Waals surface area contributed by atoms with Crippen LogP contribution in [0, 0.1) is 5.95 Å². The van der Waals surface area contributed by atoms with Crippen molar-refractivity contribution in [3.63, 3.8) is 0 Å². The zero-order chi connectivity index (χ0) is 11.5. The van der Waals surface area contributed by atoms with Crippen LogP contribution in [-0.4, -0.2) is 10.9 Å². The molecule has 80 valence electrons. The Morgan fingerprint density at radius 3 is 2.56 bits per heavy atom. The second-order valence-electron chi connectivity index (χ2n) is 3.28. The fraction of sp³-hybridized carbons (Fsp3) is 0. The first kappa shape index (κ1) is 10.3. The van der Waals surface area contributed by atoms with Crippen molar-refractivity contribution in [3.05, 3.63) is 54.1 Å². The van der Waals surface area contributed by atoms with Gasteiger partial charge in [-0.15, -0.1) is 0 Å². The number of rotatable bonds is 2. The summed E-state index contributed by atoms with van der Waals surface area (Å²) in [4.78, 5) is 14.7. The molecule has 16 heavy (non-hydrogen) atoms. The van der Waals surface area contributed by atoms with Gasteiger partial charge in [-0.05, 0) is 23.8 Å². The van der Waals surface area contributed by atoms with Crippen LogP contribution >= 0.6 is 0 Å². The van der Waals surface area contributed by atoms with E-state index in [1.807, 2.05) is 0 Å². The van der Waals surface area contributed by atoms with Crippen LogP contribution in [0.4, 0.5) is 4.39 Å². The zero-order valence-electron chi connectivity index (χ0n) is 8.35. The molecule has 1 aromatic carbocycles. The predicted molar refractivity (Wildman–Crippen MR) is 58.1 cm³/mol. The molecule has 0 atom stereocenters. The van der Waals surface area contributed by atoms with Crippen molar-refractivity contribution in [2.45, 2.75) is 0 Å². The Morgan fingerprint density at radius 2 is 1.94 bits per heavy atom. The van der Waals surface area contributed by atoms with Gasteiger partial charge < -0.3 is 5.73 Å². The number of amides is 1. The van der Waals surface area contributed by atoms with E-state index in [9.17, 15) is 9.18 Å². The van der Waals surface area contributed by atoms with Crippen molar-refractivity contribution < 1.29 is 9.18 Å². The molecule has 0 aliphatic heterocycles. The molecule has 4 heteroatoms. The zero-order valence-corrected chi connectivity index (χ0v) is 8.35. The number of primary amides is 1. The molecule has 2 N–H and O–H groups in total. The second kappa shape index (κ2) is 4.10. The molecule has 0 unspecified atom stereocenters. The van der Waals surface area contributed by atoms with E-state index in [4.69, 9.17) is 5.73 Å². The molecule has 0 bridgehead atoms. The summed E-state index contributed by atoms with van der Waals surface area (Å²) >= 11 is 0. The fourth-order valence-corrected chi connectivity index (χ4v) is 1.48. The van der Waals surface area contributed by atoms with Gasteiger partial charge in [-0.1, -0.05) is 18.2 Å². The Morgan fingerprint density at radius 1 is 1.19 bits per heavy atom. The molecular formula is C12H9FN2O. The van der Waals surface area contributed by atoms with E-state index in [2.05, 4.69) is 4.98 Å². The summed E-state index contributed by atoms with van der Waals surface area (Å²) in [5, 5.41) is 0. The number of nitrogens with zero attached hydrogens (tertiary/aromatic N) is 1. The van der Waals surface area contributed by atoms with Crippen LogP contribution in [0.5, 0.6) is 0 Å². The Bertz CT molecular complexity index is 523. The predicted octanol–water partition coefficient (Wildman–Crippen LogP) is 1.99. The van der Waals surface area contributed by atoms with Crippen molar-refractivity contribution in [1.29, 1.82) is 0 Å². The Hall–Kier alpha value is -2.23. The van der Waals surface area contributed by atoms with Crippen molar-refractivity contribution in [2.75, 3.05) is 0 Å². The summed E-state index contributed by atoms with van der Waals surface area (Å²) in [6.45, 7) is 0. The SMILES string of the molecule is NC(=O)c1ccccc1-c1ccc(F)nc1. The van der Waals surface area contributed by atoms with Gasteiger partial charge in [-0.25, -0.2) is 4.98 Å². The second-order valence-corrected chi connectivity index (χ2v) is 3.28. The minimum atomic E-state index is -0.555. The molecule has 0 aliphatic rings. The largest absolute Gasteiger partial charge is 0.366 e. The van der Waals surface area contributed by atoms with Gasteiger partial charge in [0.1, 0.15) is 0 Å². The highest BCUT2D eigenvalue weighted by Crippen LogP contribution is 2.22. The molecular weight excluding hydrogens is 207 g/mol. The topological polar surface area (TPSA) is 56.0 Å². The monoisotopic (exact) mass is 216 g/mol. The highest BCUT2D eigenvalue weighted by molar-refractivity contribution is 5.99. The normalized spacial score (nSPS) is 10.1. The van der Waals surface area contributed by atoms with Gasteiger partial charge in [0, 0.05) is 17.3 Å². The van der Waals surface area contributed by atoms with Gasteiger partial charge in [0.2, 0.25) is 11.9 Å². The van der Waals surface area contributed by atoms with Gasteiger partial charge >= 0.3 is 0 Å². The summed E-state index contributed by atoms with van der Waals surface area (Å²) in [6.07, 6.45) is 1.37. The van der Waals surface area contributed by atoms with E-state index in [1.165, 1.54) is 12.3 Å². The number of hydrogen-bond acceptors (Lipinski definition) is 2. The summed E-state index contributed by atoms with van der Waals surface area (Å²) in [5.41, 5.74) is 6.97. The minimum Gasteiger partial charge on any atom is -0.366 e. The first-order valence-electron chi connectivity index (χ1n) is 4.69. The Kier molecular flexibility index (Phi) is 2.64. The lowest BCUT2D eigenvalue weighted by Crippen LogP contribution is -2.12. The number of carbonyl (C=O) groups excluding carboxylic acids is 1. The molecule has 2 aromatic rings. The van der Waals surface area contributed by atoms with E-state index in [1.54, 1.807) is 30.3 Å². The maximum absolute atomic E-state index is 12.7. The van der Waals surface area contributed by atoms with Crippen LogP contribution < -0.4 is 5.73 Å². The number of hydrogen-bond donors (Lipinski definition) is 1. The molecule has 0 aliphatic carbocycles. The molecule has 1 aromatic heterocycles. The number of nitrogens with two attached hydrogens (primary N) is 1. The molecule has 0 saturated heterocycles. The third-order valence-corrected chi connectivity index (χ3v) is 2.23. The van der Waals surface area contributed by atoms with Gasteiger partial charge in [-0.3, -0.25) is 4.79 Å². The standard InChI is InChI=1S/C12H9FN2O/c13-11-6-5-8(7-15-11)9-3-1-2-4-10(9)12(14)16/h1-7H,(H2,14,16). The first-order valence-corrected chi connectivity index (χ1v) is 4.69. The summed E-state index contributed by atoms with van der Waals surface area (Å²) < 4.78 is 12.7. The molecule has 0 radical (unpaired) electrons. The van der Waals surface area contributed by atoms with Crippen molar-refractivity contribution in [1.82, 2.24) is 4.98 Å². The van der Waals surface area contributed by atoms with Crippen LogP contribution in [0.2, 0.25) is 0 Å². The summed E-state index contributed by atoms with van der Waals surface area (Å²) in [6, 6.07) is 9.68. The molecule has 0 saturated carbocycles. The molecule has 2 rings (SSSR count). The number of carbonyl (C=O) groups is 1. The van der Waals surface area contributed by atoms with Gasteiger partial charge in [0.15, 0.2) is 0 Å². The van der Waals surface area contributed by atoms with Crippen molar-refractivity contribution in [2.24, 2.45) is 5.73 Å². The van der Waals surface area contributed by atoms with E-state index in [0.717, 1.165) is 0 Å². The van der Waals surface area contributed by atoms with Gasteiger partial charge in [-0.2, -0.15) is 4.39 Å². The highest BCUT2D eigenvalue weighted by Gasteiger charge is 2.09. The molecule has 3 nitrogen and oxygen atoms in total. The van der Waals surface area contributed by atoms with Crippen molar-refractivity contribution >= 4 is 5.91 Å². The van der Waals surface area contributed by atoms with E-state index in [0.29, 0.717) is 16.7 Å². The Labute approximate surface area is 91.7 Å². The maximum Gasteiger partial charge on any atom is 0.249 e. The number of aromatic nitrogens is 1. The fourth-order valence-electron chi connectivity index (χ4n) is 1.48. The number of halogens is 1. The van der Waals surface area contributed by atoms with Gasteiger partial charge in [0.05, 0.1) is 0 Å². The maximum atomic E-state index is 12.7. The van der Waals surface area contributed by atoms with Crippen molar-refractivity contribution in [3.8, 4) is 11.1 Å². The van der Waals surface area contributed by atoms with E-state index in [-0.39, 0.29) is 0 Å². The lowest BCUT2D eigenvalue weighted by Gasteiger charge is -2.05. The van der Waals surface area contributed by atoms with Crippen LogP contribution in [0.1, 0.15) is 10.4 Å². The molecule has 1 heterocycles. The third kappa shape index (κ3) is 1.91. The molecule has 0 fully saturated rings. The average Bonchev–Trinajstić information content (AvgIpc) is 2.30. The van der Waals surface area contributed by atoms with Crippen LogP contribution in [-0.2, 0) is 0 Å². The average molecular weight is 216 g/mol. The minimum absolute atomic E-state index is 0.399. The van der Waals surface area contributed by atoms with Gasteiger partial charge in [0.25, 0.3) is 0 Å². The smallest absolute Gasteiger partial charge is 0.249 e. The summed E-state index contributed by atoms with van der Waals surface area (Å²) in [5.74, 6) is -1.07. The van der Waals surface area contributed by atoms with Crippen LogP contribution in [0.15, 0.2) is 42.6 Å². The number of pyridine rings is 1. The van der Waals surface area contributed by atoms with Crippen LogP contribution in [0.25, 0.3) is 11.1 Å². The third-order valence-electron chi connectivity index (χ3n) is 2.23. The lowest BCUT2D eigenvalue weighted by molar-refractivity contribution is 0.100. The lowest BCUT2D eigenvalue weighted by atomic mass is 10.0. The number of benzene rings is 1. The summed E-state index contributed by atoms with van der Waals surface area (Å²) in [7, 11) is 0. The van der Waals surface area contributed by atoms with E-state index >= 15 is 0 Å². The van der Waals surface area contributed by atoms with E-state index < -0.39 is 11.9 Å². The molecule has 1 amide bonds. The highest BCUT2D eigenvalue weighted by atomic mass is 19.1. The quantitative estimate of drug-likeness (QED) is 0.780. The molecule has 0 spiro atoms. The Balaban J connectivity index is 2.55. The van der Waals surface area contributed by atoms with Crippen LogP contribution in [0.3, 0.4) is 0 Å². The first-order chi connectivity index (χ1) is 7.68.